The van der Waals surface area contributed by atoms with Gasteiger partial charge in [0, 0.05) is 38.9 Å². The maximum atomic E-state index is 13.8. The van der Waals surface area contributed by atoms with Crippen LogP contribution in [0.15, 0.2) is 79.0 Å². The quantitative estimate of drug-likeness (QED) is 0.644. The molecule has 0 aliphatic carbocycles. The highest BCUT2D eigenvalue weighted by atomic mass is 16.2. The predicted octanol–water partition coefficient (Wildman–Crippen LogP) is 3.06. The number of carbonyl (C=O) groups is 2. The molecule has 0 N–H and O–H groups in total. The first-order valence-corrected chi connectivity index (χ1v) is 11.1. The first kappa shape index (κ1) is 20.2. The second-order valence-corrected chi connectivity index (χ2v) is 8.29. The van der Waals surface area contributed by atoms with Crippen LogP contribution in [0, 0.1) is 0 Å². The predicted molar refractivity (Wildman–Crippen MR) is 123 cm³/mol. The van der Waals surface area contributed by atoms with Gasteiger partial charge in [-0.2, -0.15) is 0 Å². The summed E-state index contributed by atoms with van der Waals surface area (Å²) >= 11 is 0. The summed E-state index contributed by atoms with van der Waals surface area (Å²) in [7, 11) is 0. The van der Waals surface area contributed by atoms with Gasteiger partial charge in [0.05, 0.1) is 6.42 Å². The van der Waals surface area contributed by atoms with Gasteiger partial charge in [-0.1, -0.05) is 60.7 Å². The molecule has 6 heteroatoms. The van der Waals surface area contributed by atoms with Crippen LogP contribution in [0.2, 0.25) is 0 Å². The van der Waals surface area contributed by atoms with Crippen molar-refractivity contribution < 1.29 is 9.59 Å². The van der Waals surface area contributed by atoms with Gasteiger partial charge in [-0.15, -0.1) is 0 Å². The summed E-state index contributed by atoms with van der Waals surface area (Å²) in [5.74, 6) is 0.934. The van der Waals surface area contributed by atoms with Crippen LogP contribution in [0.1, 0.15) is 22.7 Å². The lowest BCUT2D eigenvalue weighted by molar-refractivity contribution is -0.148. The van der Waals surface area contributed by atoms with E-state index < -0.39 is 6.04 Å². The number of piperazine rings is 1. The maximum Gasteiger partial charge on any atom is 0.250 e. The van der Waals surface area contributed by atoms with E-state index in [0.29, 0.717) is 26.1 Å². The fraction of sp³-hybridized carbons (Fsp3) is 0.269. The number of anilines is 1. The monoisotopic (exact) mass is 426 g/mol. The highest BCUT2D eigenvalue weighted by Gasteiger charge is 2.39. The van der Waals surface area contributed by atoms with E-state index in [9.17, 15) is 9.59 Å². The minimum atomic E-state index is -0.589. The highest BCUT2D eigenvalue weighted by Crippen LogP contribution is 2.33. The van der Waals surface area contributed by atoms with Crippen LogP contribution in [0.25, 0.3) is 0 Å². The van der Waals surface area contributed by atoms with Crippen LogP contribution in [0.3, 0.4) is 0 Å². The summed E-state index contributed by atoms with van der Waals surface area (Å²) in [6, 6.07) is 23.0. The summed E-state index contributed by atoms with van der Waals surface area (Å²) in [5.41, 5.74) is 2.92. The van der Waals surface area contributed by atoms with Gasteiger partial charge in [-0.3, -0.25) is 9.59 Å². The summed E-state index contributed by atoms with van der Waals surface area (Å²) in [4.78, 5) is 37.2. The Hall–Kier alpha value is -3.67. The highest BCUT2D eigenvalue weighted by molar-refractivity contribution is 5.92. The van der Waals surface area contributed by atoms with E-state index in [4.69, 9.17) is 0 Å². The summed E-state index contributed by atoms with van der Waals surface area (Å²) in [5, 5.41) is 0. The van der Waals surface area contributed by atoms with Gasteiger partial charge in [-0.25, -0.2) is 4.98 Å². The molecular formula is C26H26N4O2. The van der Waals surface area contributed by atoms with Crippen molar-refractivity contribution in [3.63, 3.8) is 0 Å². The van der Waals surface area contributed by atoms with Gasteiger partial charge in [0.1, 0.15) is 11.9 Å². The smallest absolute Gasteiger partial charge is 0.250 e. The van der Waals surface area contributed by atoms with Crippen molar-refractivity contribution in [2.24, 2.45) is 0 Å². The summed E-state index contributed by atoms with van der Waals surface area (Å²) in [6.07, 6.45) is 2.12. The molecule has 162 valence electrons. The minimum absolute atomic E-state index is 0.00183. The second-order valence-electron chi connectivity index (χ2n) is 8.29. The number of amides is 2. The molecule has 2 amide bonds. The molecule has 3 heterocycles. The third-order valence-electron chi connectivity index (χ3n) is 6.32. The second kappa shape index (κ2) is 8.83. The van der Waals surface area contributed by atoms with Crippen LogP contribution in [0.4, 0.5) is 5.82 Å². The molecule has 0 spiro atoms. The zero-order valence-electron chi connectivity index (χ0n) is 17.9. The molecule has 5 rings (SSSR count). The van der Waals surface area contributed by atoms with Crippen molar-refractivity contribution in [2.75, 3.05) is 31.1 Å². The van der Waals surface area contributed by atoms with Crippen molar-refractivity contribution in [1.82, 2.24) is 14.8 Å². The normalized spacial score (nSPS) is 18.4. The molecular weight excluding hydrogens is 400 g/mol. The van der Waals surface area contributed by atoms with Crippen LogP contribution in [0.5, 0.6) is 0 Å². The van der Waals surface area contributed by atoms with Gasteiger partial charge >= 0.3 is 0 Å². The van der Waals surface area contributed by atoms with Gasteiger partial charge in [0.15, 0.2) is 0 Å². The third kappa shape index (κ3) is 3.96. The average molecular weight is 427 g/mol. The molecule has 0 unspecified atom stereocenters. The number of fused-ring (bicyclic) bond motifs is 1. The fourth-order valence-electron chi connectivity index (χ4n) is 4.63. The van der Waals surface area contributed by atoms with Crippen molar-refractivity contribution in [1.29, 1.82) is 0 Å². The van der Waals surface area contributed by atoms with Gasteiger partial charge < -0.3 is 14.7 Å². The molecule has 1 atom stereocenters. The molecule has 0 bridgehead atoms. The Bertz CT molecular complexity index is 1100. The molecule has 2 aliphatic rings. The van der Waals surface area contributed by atoms with Crippen LogP contribution >= 0.6 is 0 Å². The zero-order valence-corrected chi connectivity index (χ0v) is 17.9. The number of nitrogens with zero attached hydrogens (tertiary/aromatic N) is 4. The number of carbonyl (C=O) groups excluding carboxylic acids is 2. The van der Waals surface area contributed by atoms with Crippen molar-refractivity contribution in [3.8, 4) is 0 Å². The molecule has 1 fully saturated rings. The van der Waals surface area contributed by atoms with E-state index in [0.717, 1.165) is 35.6 Å². The maximum absolute atomic E-state index is 13.8. The Morgan fingerprint density at radius 2 is 1.59 bits per heavy atom. The first-order valence-electron chi connectivity index (χ1n) is 11.1. The van der Waals surface area contributed by atoms with E-state index >= 15 is 0 Å². The first-order chi connectivity index (χ1) is 15.7. The SMILES string of the molecule is O=C([C@H]1c2ccccc2CC(=O)N1Cc1ccccc1)N1CCN(c2ccccn2)CC1. The molecule has 1 aromatic heterocycles. The van der Waals surface area contributed by atoms with Gasteiger partial charge in [0.25, 0.3) is 0 Å². The summed E-state index contributed by atoms with van der Waals surface area (Å²) < 4.78 is 0. The Balaban J connectivity index is 1.39. The van der Waals surface area contributed by atoms with E-state index in [1.54, 1.807) is 11.1 Å². The number of aromatic nitrogens is 1. The molecule has 32 heavy (non-hydrogen) atoms. The Labute approximate surface area is 188 Å². The van der Waals surface area contributed by atoms with Crippen LogP contribution in [-0.4, -0.2) is 52.8 Å². The minimum Gasteiger partial charge on any atom is -0.353 e. The van der Waals surface area contributed by atoms with E-state index in [1.165, 1.54) is 0 Å². The summed E-state index contributed by atoms with van der Waals surface area (Å²) in [6.45, 7) is 3.11. The number of rotatable bonds is 4. The molecule has 0 saturated carbocycles. The number of hydrogen-bond acceptors (Lipinski definition) is 4. The standard InChI is InChI=1S/C26H26N4O2/c31-24-18-21-10-4-5-11-22(21)25(30(24)19-20-8-2-1-3-9-20)26(32)29-16-14-28(15-17-29)23-12-6-7-13-27-23/h1-13,25H,14-19H2/t25-/m1/s1. The molecule has 6 nitrogen and oxygen atoms in total. The van der Waals surface area contributed by atoms with E-state index in [1.807, 2.05) is 77.7 Å². The van der Waals surface area contributed by atoms with E-state index in [2.05, 4.69) is 9.88 Å². The van der Waals surface area contributed by atoms with Gasteiger partial charge in [-0.05, 0) is 28.8 Å². The third-order valence-corrected chi connectivity index (χ3v) is 6.32. The van der Waals surface area contributed by atoms with Crippen molar-refractivity contribution >= 4 is 17.6 Å². The largest absolute Gasteiger partial charge is 0.353 e. The molecule has 0 radical (unpaired) electrons. The number of hydrogen-bond donors (Lipinski definition) is 0. The Kier molecular flexibility index (Phi) is 5.58. The molecule has 2 aliphatic heterocycles. The number of benzene rings is 2. The van der Waals surface area contributed by atoms with Crippen molar-refractivity contribution in [3.05, 3.63) is 95.7 Å². The molecule has 1 saturated heterocycles. The zero-order chi connectivity index (χ0) is 21.9. The lowest BCUT2D eigenvalue weighted by atomic mass is 9.90. The lowest BCUT2D eigenvalue weighted by Gasteiger charge is -2.41. The van der Waals surface area contributed by atoms with E-state index in [-0.39, 0.29) is 11.8 Å². The molecule has 2 aromatic carbocycles. The van der Waals surface area contributed by atoms with Crippen LogP contribution in [-0.2, 0) is 22.6 Å². The number of pyridine rings is 1. The van der Waals surface area contributed by atoms with Crippen LogP contribution < -0.4 is 4.90 Å². The van der Waals surface area contributed by atoms with Crippen molar-refractivity contribution in [2.45, 2.75) is 19.0 Å². The lowest BCUT2D eigenvalue weighted by Crippen LogP contribution is -2.54. The van der Waals surface area contributed by atoms with Gasteiger partial charge in [0.2, 0.25) is 11.8 Å². The average Bonchev–Trinajstić information content (AvgIpc) is 2.85. The Morgan fingerprint density at radius 1 is 0.875 bits per heavy atom. The Morgan fingerprint density at radius 3 is 2.34 bits per heavy atom. The molecule has 3 aromatic rings. The topological polar surface area (TPSA) is 56.8 Å². The fourth-order valence-corrected chi connectivity index (χ4v) is 4.63.